The molecule has 168 valence electrons. The van der Waals surface area contributed by atoms with Crippen LogP contribution in [0.3, 0.4) is 0 Å². The molecule has 7 nitrogen and oxygen atoms in total. The number of anilines is 1. The van der Waals surface area contributed by atoms with Crippen LogP contribution < -0.4 is 10.0 Å². The van der Waals surface area contributed by atoms with Crippen molar-refractivity contribution in [2.45, 2.75) is 17.4 Å². The van der Waals surface area contributed by atoms with Crippen molar-refractivity contribution in [3.63, 3.8) is 0 Å². The van der Waals surface area contributed by atoms with Gasteiger partial charge in [-0.15, -0.1) is 11.3 Å². The van der Waals surface area contributed by atoms with Gasteiger partial charge in [-0.3, -0.25) is 4.79 Å². The number of carboxylic acid groups (broad SMARTS) is 1. The van der Waals surface area contributed by atoms with E-state index in [2.05, 4.69) is 15.0 Å². The Hall–Kier alpha value is -2.18. The van der Waals surface area contributed by atoms with Crippen LogP contribution in [0.4, 0.5) is 5.13 Å². The van der Waals surface area contributed by atoms with Crippen molar-refractivity contribution in [1.82, 2.24) is 10.3 Å². The van der Waals surface area contributed by atoms with Gasteiger partial charge in [0, 0.05) is 17.1 Å². The van der Waals surface area contributed by atoms with E-state index in [1.54, 1.807) is 29.8 Å². The smallest absolute Gasteiger partial charge is 0.326 e. The zero-order valence-corrected chi connectivity index (χ0v) is 20.3. The first-order valence-electron chi connectivity index (χ1n) is 9.46. The largest absolute Gasteiger partial charge is 0.581 e. The molecule has 3 N–H and O–H groups in total. The molecule has 0 fully saturated rings. The fourth-order valence-corrected chi connectivity index (χ4v) is 6.13. The summed E-state index contributed by atoms with van der Waals surface area (Å²) >= 11 is 2.87. The summed E-state index contributed by atoms with van der Waals surface area (Å²) in [6.45, 7) is 0. The standard InChI is InChI=1S/C21H21N3O4S4/c1-29-11-9-18(20(26)27)23-19(25)16-8-7-15(13-17(16)14-5-3-2-4-6-14)31-32(28)24-21-22-10-12-30-21/h2-8,10,12-13,18H,9,11H2,1H3,(H,22,24)(H,23,25)(H,26,27). The minimum Gasteiger partial charge on any atom is -0.581 e. The van der Waals surface area contributed by atoms with E-state index < -0.39 is 28.3 Å². The fourth-order valence-electron chi connectivity index (χ4n) is 2.81. The lowest BCUT2D eigenvalue weighted by Crippen LogP contribution is -2.41. The third-order valence-electron chi connectivity index (χ3n) is 4.31. The van der Waals surface area contributed by atoms with Crippen LogP contribution in [0.1, 0.15) is 16.8 Å². The number of carbonyl (C=O) groups excluding carboxylic acids is 1. The Bertz CT molecular complexity index is 1030. The zero-order chi connectivity index (χ0) is 22.9. The predicted octanol–water partition coefficient (Wildman–Crippen LogP) is 4.53. The molecule has 0 aliphatic heterocycles. The number of benzene rings is 2. The fraction of sp³-hybridized carbons (Fsp3) is 0.190. The molecule has 3 rings (SSSR count). The van der Waals surface area contributed by atoms with Crippen LogP contribution in [-0.2, 0) is 15.2 Å². The summed E-state index contributed by atoms with van der Waals surface area (Å²) in [5, 5.41) is 14.4. The van der Waals surface area contributed by atoms with Crippen LogP contribution in [0, 0.1) is 0 Å². The lowest BCUT2D eigenvalue weighted by Gasteiger charge is -2.16. The van der Waals surface area contributed by atoms with E-state index in [4.69, 9.17) is 0 Å². The highest BCUT2D eigenvalue weighted by Crippen LogP contribution is 2.33. The maximum Gasteiger partial charge on any atom is 0.326 e. The normalized spacial score (nSPS) is 12.7. The highest BCUT2D eigenvalue weighted by Gasteiger charge is 2.23. The van der Waals surface area contributed by atoms with E-state index in [0.29, 0.717) is 33.3 Å². The van der Waals surface area contributed by atoms with Gasteiger partial charge in [-0.1, -0.05) is 30.3 Å². The number of hydrogen-bond donors (Lipinski definition) is 3. The first-order valence-corrected chi connectivity index (χ1v) is 14.2. The molecule has 0 aliphatic carbocycles. The Balaban J connectivity index is 1.85. The topological polar surface area (TPSA) is 114 Å². The Morgan fingerprint density at radius 3 is 2.69 bits per heavy atom. The second-order valence-electron chi connectivity index (χ2n) is 6.48. The molecule has 32 heavy (non-hydrogen) atoms. The average molecular weight is 508 g/mol. The number of thioether (sulfide) groups is 1. The average Bonchev–Trinajstić information content (AvgIpc) is 3.29. The van der Waals surface area contributed by atoms with Crippen molar-refractivity contribution in [3.8, 4) is 11.1 Å². The molecule has 0 saturated heterocycles. The molecule has 2 unspecified atom stereocenters. The highest BCUT2D eigenvalue weighted by atomic mass is 33.1. The van der Waals surface area contributed by atoms with Crippen LogP contribution >= 0.6 is 33.9 Å². The molecule has 11 heteroatoms. The third-order valence-corrected chi connectivity index (χ3v) is 8.01. The van der Waals surface area contributed by atoms with E-state index in [1.807, 2.05) is 36.6 Å². The van der Waals surface area contributed by atoms with Crippen LogP contribution in [-0.4, -0.2) is 44.6 Å². The van der Waals surface area contributed by atoms with Gasteiger partial charge < -0.3 is 15.0 Å². The molecular formula is C21H21N3O4S4. The van der Waals surface area contributed by atoms with Crippen molar-refractivity contribution in [2.75, 3.05) is 16.7 Å². The molecule has 3 aromatic rings. The van der Waals surface area contributed by atoms with Crippen molar-refractivity contribution >= 4 is 61.3 Å². The van der Waals surface area contributed by atoms with Gasteiger partial charge in [-0.25, -0.2) is 9.78 Å². The van der Waals surface area contributed by atoms with Crippen molar-refractivity contribution in [1.29, 1.82) is 0 Å². The van der Waals surface area contributed by atoms with Crippen LogP contribution in [0.5, 0.6) is 0 Å². The van der Waals surface area contributed by atoms with Gasteiger partial charge in [0.2, 0.25) is 5.13 Å². The van der Waals surface area contributed by atoms with Gasteiger partial charge in [0.1, 0.15) is 16.4 Å². The summed E-state index contributed by atoms with van der Waals surface area (Å²) in [4.78, 5) is 29.3. The Morgan fingerprint density at radius 2 is 2.03 bits per heavy atom. The predicted molar refractivity (Wildman–Crippen MR) is 134 cm³/mol. The van der Waals surface area contributed by atoms with E-state index in [-0.39, 0.29) is 0 Å². The van der Waals surface area contributed by atoms with E-state index in [1.165, 1.54) is 23.1 Å². The van der Waals surface area contributed by atoms with E-state index in [0.717, 1.165) is 16.4 Å². The summed E-state index contributed by atoms with van der Waals surface area (Å²) in [5.41, 5.74) is 1.79. The molecule has 0 radical (unpaired) electrons. The molecule has 1 amide bonds. The number of hydrogen-bond acceptors (Lipinski definition) is 8. The molecule has 2 aromatic carbocycles. The maximum absolute atomic E-state index is 13.0. The zero-order valence-electron chi connectivity index (χ0n) is 17.0. The minimum atomic E-state index is -1.47. The van der Waals surface area contributed by atoms with Gasteiger partial charge in [-0.2, -0.15) is 16.5 Å². The lowest BCUT2D eigenvalue weighted by atomic mass is 9.99. The number of nitrogens with zero attached hydrogens (tertiary/aromatic N) is 1. The second kappa shape index (κ2) is 12.2. The monoisotopic (exact) mass is 507 g/mol. The van der Waals surface area contributed by atoms with Gasteiger partial charge in [-0.05, 0) is 47.8 Å². The number of aliphatic carboxylic acids is 1. The van der Waals surface area contributed by atoms with Gasteiger partial charge >= 0.3 is 5.97 Å². The number of thiazole rings is 1. The maximum atomic E-state index is 13.0. The first-order chi connectivity index (χ1) is 15.5. The molecule has 0 saturated carbocycles. The van der Waals surface area contributed by atoms with E-state index in [9.17, 15) is 19.2 Å². The number of aromatic nitrogens is 1. The molecule has 0 spiro atoms. The van der Waals surface area contributed by atoms with Crippen molar-refractivity contribution in [2.24, 2.45) is 0 Å². The van der Waals surface area contributed by atoms with Crippen LogP contribution in [0.15, 0.2) is 65.0 Å². The van der Waals surface area contributed by atoms with Gasteiger partial charge in [0.05, 0.1) is 4.90 Å². The van der Waals surface area contributed by atoms with Crippen molar-refractivity contribution in [3.05, 3.63) is 65.7 Å². The Kier molecular flexibility index (Phi) is 9.30. The molecule has 0 aliphatic rings. The van der Waals surface area contributed by atoms with E-state index >= 15 is 0 Å². The third kappa shape index (κ3) is 6.91. The lowest BCUT2D eigenvalue weighted by molar-refractivity contribution is -0.139. The number of nitrogens with one attached hydrogen (secondary N) is 2. The first kappa shape index (κ1) is 24.5. The van der Waals surface area contributed by atoms with Crippen molar-refractivity contribution < 1.29 is 19.2 Å². The van der Waals surface area contributed by atoms with Gasteiger partial charge in [0.25, 0.3) is 5.91 Å². The molecular weight excluding hydrogens is 487 g/mol. The summed E-state index contributed by atoms with van der Waals surface area (Å²) in [5.74, 6) is -0.906. The summed E-state index contributed by atoms with van der Waals surface area (Å²) in [6.07, 6.45) is 3.84. The molecule has 0 bridgehead atoms. The summed E-state index contributed by atoms with van der Waals surface area (Å²) in [7, 11) is -0.367. The quantitative estimate of drug-likeness (QED) is 0.256. The Labute approximate surface area is 201 Å². The molecule has 2 atom stereocenters. The Morgan fingerprint density at radius 1 is 1.25 bits per heavy atom. The molecule has 1 aromatic heterocycles. The molecule has 1 heterocycles. The number of carbonyl (C=O) groups is 2. The minimum absolute atomic E-state index is 0.332. The van der Waals surface area contributed by atoms with Gasteiger partial charge in [0.15, 0.2) is 10.8 Å². The number of rotatable bonds is 11. The number of amides is 1. The second-order valence-corrected chi connectivity index (χ2v) is 11.1. The highest BCUT2D eigenvalue weighted by molar-refractivity contribution is 8.72. The van der Waals surface area contributed by atoms with Crippen LogP contribution in [0.2, 0.25) is 0 Å². The van der Waals surface area contributed by atoms with Crippen LogP contribution in [0.25, 0.3) is 11.1 Å². The number of carboxylic acids is 1. The SMILES string of the molecule is CSCCC(NC(=O)c1ccc(S[S+]([O-])Nc2nccs2)cc1-c1ccccc1)C(=O)O. The summed E-state index contributed by atoms with van der Waals surface area (Å²) < 4.78 is 15.3. The summed E-state index contributed by atoms with van der Waals surface area (Å²) in [6, 6.07) is 13.5.